The molecule has 0 radical (unpaired) electrons. The number of hydrogen-bond donors (Lipinski definition) is 1. The van der Waals surface area contributed by atoms with Crippen LogP contribution in [0.2, 0.25) is 0 Å². The number of carbonyl (C=O) groups is 3. The van der Waals surface area contributed by atoms with Gasteiger partial charge >= 0.3 is 0 Å². The van der Waals surface area contributed by atoms with Crippen LogP contribution in [0.3, 0.4) is 0 Å². The number of carbonyl (C=O) groups excluding carboxylic acids is 3. The van der Waals surface area contributed by atoms with E-state index < -0.39 is 17.4 Å². The van der Waals surface area contributed by atoms with Crippen LogP contribution in [0.25, 0.3) is 0 Å². The third-order valence-electron chi connectivity index (χ3n) is 7.58. The van der Waals surface area contributed by atoms with Crippen molar-refractivity contribution in [1.29, 1.82) is 0 Å². The zero-order valence-electron chi connectivity index (χ0n) is 18.1. The van der Waals surface area contributed by atoms with Crippen LogP contribution in [0, 0.1) is 11.8 Å². The number of imide groups is 1. The Hall–Kier alpha value is -2.91. The molecule has 6 rings (SSSR count). The number of amides is 3. The minimum atomic E-state index is -1.19. The van der Waals surface area contributed by atoms with Gasteiger partial charge in [0.05, 0.1) is 31.7 Å². The van der Waals surface area contributed by atoms with E-state index in [1.807, 2.05) is 18.2 Å². The van der Waals surface area contributed by atoms with Crippen LogP contribution in [-0.2, 0) is 19.9 Å². The fourth-order valence-electron chi connectivity index (χ4n) is 6.39. The van der Waals surface area contributed by atoms with E-state index in [2.05, 4.69) is 26.1 Å². The second-order valence-corrected chi connectivity index (χ2v) is 9.78. The Morgan fingerprint density at radius 2 is 1.82 bits per heavy atom. The van der Waals surface area contributed by atoms with E-state index in [1.54, 1.807) is 18.2 Å². The van der Waals surface area contributed by atoms with Crippen LogP contribution in [0.5, 0.6) is 11.5 Å². The lowest BCUT2D eigenvalue weighted by atomic mass is 9.75. The van der Waals surface area contributed by atoms with Crippen molar-refractivity contribution in [2.24, 2.45) is 11.8 Å². The van der Waals surface area contributed by atoms with Crippen molar-refractivity contribution < 1.29 is 23.9 Å². The maximum absolute atomic E-state index is 14.0. The predicted molar refractivity (Wildman–Crippen MR) is 123 cm³/mol. The van der Waals surface area contributed by atoms with Crippen molar-refractivity contribution in [2.45, 2.75) is 24.4 Å². The Morgan fingerprint density at radius 1 is 1.03 bits per heavy atom. The molecule has 4 atom stereocenters. The van der Waals surface area contributed by atoms with Gasteiger partial charge < -0.3 is 14.8 Å². The number of methoxy groups -OCH3 is 2. The smallest absolute Gasteiger partial charge is 0.250 e. The van der Waals surface area contributed by atoms with Gasteiger partial charge in [-0.1, -0.05) is 15.9 Å². The number of benzene rings is 2. The van der Waals surface area contributed by atoms with Gasteiger partial charge in [0, 0.05) is 27.8 Å². The van der Waals surface area contributed by atoms with Gasteiger partial charge in [-0.2, -0.15) is 0 Å². The van der Waals surface area contributed by atoms with Crippen molar-refractivity contribution in [2.75, 3.05) is 31.0 Å². The minimum absolute atomic E-state index is 0.160. The van der Waals surface area contributed by atoms with Gasteiger partial charge in [0.1, 0.15) is 5.54 Å². The molecule has 4 heterocycles. The summed E-state index contributed by atoms with van der Waals surface area (Å²) in [6.07, 6.45) is 1.66. The molecule has 170 valence electrons. The van der Waals surface area contributed by atoms with E-state index in [9.17, 15) is 14.4 Å². The average molecular weight is 512 g/mol. The molecule has 2 aromatic carbocycles. The Kier molecular flexibility index (Phi) is 4.41. The van der Waals surface area contributed by atoms with Gasteiger partial charge in [0.15, 0.2) is 11.5 Å². The Bertz CT molecular complexity index is 1230. The normalized spacial score (nSPS) is 30.0. The maximum atomic E-state index is 14.0. The lowest BCUT2D eigenvalue weighted by Crippen LogP contribution is -2.54. The van der Waals surface area contributed by atoms with E-state index in [0.717, 1.165) is 22.9 Å². The SMILES string of the molecule is COc1ccc(N2C(=O)C3C4CCCN4C4(C(=O)Nc5ccc(Br)cc54)C3C2=O)cc1OC. The van der Waals surface area contributed by atoms with E-state index in [1.165, 1.54) is 19.1 Å². The molecule has 3 amide bonds. The highest BCUT2D eigenvalue weighted by molar-refractivity contribution is 9.10. The second kappa shape index (κ2) is 7.04. The number of halogens is 1. The van der Waals surface area contributed by atoms with Crippen LogP contribution in [-0.4, -0.2) is 49.4 Å². The number of hydrogen-bond acceptors (Lipinski definition) is 6. The lowest BCUT2D eigenvalue weighted by molar-refractivity contribution is -0.135. The summed E-state index contributed by atoms with van der Waals surface area (Å²) in [7, 11) is 3.04. The van der Waals surface area contributed by atoms with E-state index in [4.69, 9.17) is 9.47 Å². The molecule has 3 saturated heterocycles. The highest BCUT2D eigenvalue weighted by atomic mass is 79.9. The molecule has 4 aliphatic rings. The summed E-state index contributed by atoms with van der Waals surface area (Å²) in [5.74, 6) is -1.28. The average Bonchev–Trinajstić information content (AvgIpc) is 3.52. The molecule has 0 aromatic heterocycles. The fraction of sp³-hybridized carbons (Fsp3) is 0.375. The number of fused-ring (bicyclic) bond motifs is 7. The van der Waals surface area contributed by atoms with Crippen LogP contribution < -0.4 is 19.7 Å². The molecule has 0 aliphatic carbocycles. The molecule has 4 unspecified atom stereocenters. The Labute approximate surface area is 198 Å². The monoisotopic (exact) mass is 511 g/mol. The molecule has 0 saturated carbocycles. The van der Waals surface area contributed by atoms with Gasteiger partial charge in [0.25, 0.3) is 0 Å². The largest absolute Gasteiger partial charge is 0.493 e. The third kappa shape index (κ3) is 2.46. The van der Waals surface area contributed by atoms with Crippen molar-refractivity contribution >= 4 is 45.0 Å². The molecule has 4 aliphatic heterocycles. The number of rotatable bonds is 3. The van der Waals surface area contributed by atoms with E-state index in [0.29, 0.717) is 29.4 Å². The molecule has 8 nitrogen and oxygen atoms in total. The molecule has 1 spiro atoms. The lowest BCUT2D eigenvalue weighted by Gasteiger charge is -2.36. The molecule has 3 fully saturated rings. The van der Waals surface area contributed by atoms with Crippen molar-refractivity contribution in [3.8, 4) is 11.5 Å². The van der Waals surface area contributed by atoms with Crippen LogP contribution in [0.15, 0.2) is 40.9 Å². The van der Waals surface area contributed by atoms with Gasteiger partial charge in [-0.3, -0.25) is 19.3 Å². The summed E-state index contributed by atoms with van der Waals surface area (Å²) < 4.78 is 11.5. The molecule has 33 heavy (non-hydrogen) atoms. The first kappa shape index (κ1) is 20.7. The van der Waals surface area contributed by atoms with Crippen LogP contribution in [0.1, 0.15) is 18.4 Å². The van der Waals surface area contributed by atoms with Gasteiger partial charge in [-0.05, 0) is 49.7 Å². The van der Waals surface area contributed by atoms with Gasteiger partial charge in [-0.15, -0.1) is 0 Å². The van der Waals surface area contributed by atoms with E-state index >= 15 is 0 Å². The van der Waals surface area contributed by atoms with Crippen molar-refractivity contribution in [3.63, 3.8) is 0 Å². The number of nitrogens with zero attached hydrogens (tertiary/aromatic N) is 2. The zero-order valence-corrected chi connectivity index (χ0v) is 19.7. The quantitative estimate of drug-likeness (QED) is 0.637. The predicted octanol–water partition coefficient (Wildman–Crippen LogP) is 2.90. The third-order valence-corrected chi connectivity index (χ3v) is 8.07. The summed E-state index contributed by atoms with van der Waals surface area (Å²) in [6.45, 7) is 0.675. The van der Waals surface area contributed by atoms with E-state index in [-0.39, 0.29) is 23.8 Å². The number of nitrogens with one attached hydrogen (secondary N) is 1. The van der Waals surface area contributed by atoms with Crippen LogP contribution in [0.4, 0.5) is 11.4 Å². The maximum Gasteiger partial charge on any atom is 0.250 e. The standard InChI is InChI=1S/C24H22BrN3O5/c1-32-17-8-6-13(11-18(17)33-2)28-21(29)19-16-4-3-9-27(16)24(20(19)22(28)30)14-10-12(25)5-7-15(14)26-23(24)31/h5-8,10-11,16,19-20H,3-4,9H2,1-2H3,(H,26,31). The first-order valence-electron chi connectivity index (χ1n) is 10.9. The molecule has 9 heteroatoms. The number of anilines is 2. The molecule has 2 aromatic rings. The van der Waals surface area contributed by atoms with Crippen LogP contribution >= 0.6 is 15.9 Å². The highest BCUT2D eigenvalue weighted by Crippen LogP contribution is 2.61. The first-order valence-corrected chi connectivity index (χ1v) is 11.7. The summed E-state index contributed by atoms with van der Waals surface area (Å²) >= 11 is 3.52. The molecule has 1 N–H and O–H groups in total. The topological polar surface area (TPSA) is 88.2 Å². The van der Waals surface area contributed by atoms with Crippen molar-refractivity contribution in [1.82, 2.24) is 4.90 Å². The molecular weight excluding hydrogens is 490 g/mol. The Morgan fingerprint density at radius 3 is 2.58 bits per heavy atom. The van der Waals surface area contributed by atoms with Crippen molar-refractivity contribution in [3.05, 3.63) is 46.4 Å². The van der Waals surface area contributed by atoms with Gasteiger partial charge in [-0.25, -0.2) is 4.90 Å². The molecular formula is C24H22BrN3O5. The summed E-state index contributed by atoms with van der Waals surface area (Å²) in [5.41, 5.74) is 0.684. The first-order chi connectivity index (χ1) is 15.9. The van der Waals surface area contributed by atoms with Gasteiger partial charge in [0.2, 0.25) is 17.7 Å². The summed E-state index contributed by atoms with van der Waals surface area (Å²) in [4.78, 5) is 44.8. The molecule has 0 bridgehead atoms. The Balaban J connectivity index is 1.52. The summed E-state index contributed by atoms with van der Waals surface area (Å²) in [5, 5.41) is 2.99. The second-order valence-electron chi connectivity index (χ2n) is 8.87. The number of ether oxygens (including phenoxy) is 2. The minimum Gasteiger partial charge on any atom is -0.493 e. The highest BCUT2D eigenvalue weighted by Gasteiger charge is 2.74. The zero-order chi connectivity index (χ0) is 23.1. The summed E-state index contributed by atoms with van der Waals surface area (Å²) in [6, 6.07) is 10.4. The fourth-order valence-corrected chi connectivity index (χ4v) is 6.75.